The molecule has 4 rings (SSSR count). The molecule has 4 atom stereocenters. The van der Waals surface area contributed by atoms with E-state index in [0.29, 0.717) is 5.02 Å². The number of hydrogen-bond acceptors (Lipinski definition) is 12. The van der Waals surface area contributed by atoms with Crippen molar-refractivity contribution < 1.29 is 73.9 Å². The first-order chi connectivity index (χ1) is 33.9. The van der Waals surface area contributed by atoms with Gasteiger partial charge in [-0.05, 0) is 72.7 Å². The fourth-order valence-corrected chi connectivity index (χ4v) is 5.00. The van der Waals surface area contributed by atoms with Gasteiger partial charge in [-0.2, -0.15) is 54.0 Å². The molecule has 0 heterocycles. The molecule has 68 heavy (non-hydrogen) atoms. The lowest BCUT2D eigenvalue weighted by atomic mass is 9.99. The molecule has 0 saturated heterocycles. The third kappa shape index (κ3) is 24.5. The van der Waals surface area contributed by atoms with Crippen LogP contribution in [-0.4, -0.2) is 67.4 Å². The molecule has 0 spiro atoms. The van der Waals surface area contributed by atoms with Crippen molar-refractivity contribution in [3.8, 4) is 0 Å². The highest BCUT2D eigenvalue weighted by atomic mass is 35.5. The molecule has 376 valence electrons. The highest BCUT2D eigenvalue weighted by Crippen LogP contribution is 2.24. The predicted molar refractivity (Wildman–Crippen MR) is 288 cm³/mol. The van der Waals surface area contributed by atoms with Gasteiger partial charge in [-0.25, -0.2) is 0 Å². The lowest BCUT2D eigenvalue weighted by Crippen LogP contribution is -2.15. The van der Waals surface area contributed by atoms with Crippen molar-refractivity contribution in [2.75, 3.05) is 22.9 Å². The van der Waals surface area contributed by atoms with Crippen LogP contribution < -0.4 is 22.9 Å². The zero-order chi connectivity index (χ0) is 59.0. The van der Waals surface area contributed by atoms with Crippen LogP contribution in [0.15, 0.2) is 72.7 Å². The Bertz CT molecular complexity index is 2930. The molecule has 0 amide bonds. The molecule has 0 radical (unpaired) electrons. The van der Waals surface area contributed by atoms with E-state index in [1.165, 1.54) is 50.2 Å². The average molecular weight is 1110 g/mol. The minimum Gasteiger partial charge on any atom is -0.481 e. The number of ketones is 4. The number of benzene rings is 4. The van der Waals surface area contributed by atoms with Gasteiger partial charge in [-0.15, -0.1) is 0 Å². The second-order valence-electron chi connectivity index (χ2n) is 13.0. The monoisotopic (exact) mass is 1110 g/mol. The van der Waals surface area contributed by atoms with Crippen LogP contribution in [-0.2, 0) is 19.2 Å². The number of carboxylic acid groups (broad SMARTS) is 4. The minimum absolute atomic E-state index is 0. The number of carbonyl (C=O) groups excluding carboxylic acids is 4. The smallest absolute Gasteiger partial charge is 0.306 e. The molecule has 16 nitrogen and oxygen atoms in total. The molecule has 4 aromatic carbocycles. The quantitative estimate of drug-likeness (QED) is 0.0383. The molecular formula is C44H56Cl4N4O12S4. The maximum absolute atomic E-state index is 12.1. The summed E-state index contributed by atoms with van der Waals surface area (Å²) in [6, 6.07) is 5.22. The molecule has 0 aliphatic carbocycles. The van der Waals surface area contributed by atoms with Gasteiger partial charge in [0, 0.05) is 97.6 Å². The van der Waals surface area contributed by atoms with E-state index in [4.69, 9.17) is 105 Å². The van der Waals surface area contributed by atoms with Crippen LogP contribution in [0.4, 0.5) is 22.7 Å². The van der Waals surface area contributed by atoms with Crippen LogP contribution >= 0.6 is 100 Å². The molecule has 0 bridgehead atoms. The first kappa shape index (κ1) is 49.6. The van der Waals surface area contributed by atoms with E-state index in [9.17, 15) is 38.4 Å². The Kier molecular flexibility index (Phi) is 24.6. The maximum atomic E-state index is 12.1. The zero-order valence-electron chi connectivity index (χ0n) is 47.0. The van der Waals surface area contributed by atoms with Crippen molar-refractivity contribution in [3.63, 3.8) is 0 Å². The molecule has 4 aromatic rings. The molecule has 0 aliphatic rings. The number of Topliss-reactive ketones (excluding diaryl/α,β-unsaturated/α-hetero) is 4. The van der Waals surface area contributed by atoms with Gasteiger partial charge in [0.1, 0.15) is 0 Å². The minimum atomic E-state index is -2.93. The molecule has 0 saturated carbocycles. The summed E-state index contributed by atoms with van der Waals surface area (Å²) in [6.45, 7) is 4.37. The van der Waals surface area contributed by atoms with E-state index >= 15 is 0 Å². The lowest BCUT2D eigenvalue weighted by molar-refractivity contribution is -0.141. The summed E-state index contributed by atoms with van der Waals surface area (Å²) in [5.74, 6) is -16.5. The number of carboxylic acids is 4. The maximum Gasteiger partial charge on any atom is 0.306 e. The van der Waals surface area contributed by atoms with Crippen LogP contribution in [0, 0.1) is 23.6 Å². The zero-order valence-corrected chi connectivity index (χ0v) is 43.1. The van der Waals surface area contributed by atoms with Crippen molar-refractivity contribution in [1.29, 1.82) is 0 Å². The Hall–Kier alpha value is -4.80. The summed E-state index contributed by atoms with van der Waals surface area (Å²) < 4.78 is 83.2. The van der Waals surface area contributed by atoms with Crippen molar-refractivity contribution >= 4 is 170 Å². The van der Waals surface area contributed by atoms with E-state index in [1.807, 2.05) is 0 Å². The second kappa shape index (κ2) is 33.7. The summed E-state index contributed by atoms with van der Waals surface area (Å²) in [5, 5.41) is 35.2. The van der Waals surface area contributed by atoms with Gasteiger partial charge in [0.2, 0.25) is 0 Å². The van der Waals surface area contributed by atoms with E-state index in [1.54, 1.807) is 0 Å². The van der Waals surface area contributed by atoms with Gasteiger partial charge < -0.3 is 43.4 Å². The van der Waals surface area contributed by atoms with Crippen molar-refractivity contribution in [1.82, 2.24) is 0 Å². The Morgan fingerprint density at radius 3 is 1.13 bits per heavy atom. The summed E-state index contributed by atoms with van der Waals surface area (Å²) in [6.07, 6.45) is -4.44. The third-order valence-electron chi connectivity index (χ3n) is 7.87. The Morgan fingerprint density at radius 2 is 0.809 bits per heavy atom. The SMILES string of the molecule is S.S.S.S.[2H]C([2H])(C(=O)c1ccc(Cl)cc1N)[C@]([2H])(C)C(=O)O.[2H][C@](C)(CC(=O)c1ccc(Cl)cc1N)C(=O)O.[2H]c1c([2H])c(C(=O)C[C@H](C)C(=O)O)c(N)c([2H])c1Cl.[2H]c1c([2H])c(C(=O)C[C@]([2H])(C)C(=O)O)c(N)c([2H])c1Cl. The standard InChI is InChI=1S/4C11H12ClNO3.4H2S/c4*1-6(11(15)16)4-10(14)8-3-2-7(12)5-9(8)13;;;;/h4*2-3,5-6H,4,13H2,1H3,(H,15,16);4*1H2/t4*6-;;;;/m0000..../s1/i2D,3D,5D,6D;2D,3D,5D;4D2,6D;6D;;;;. The van der Waals surface area contributed by atoms with Crippen LogP contribution in [0.3, 0.4) is 0 Å². The number of hydrogen-bond donors (Lipinski definition) is 8. The highest BCUT2D eigenvalue weighted by Gasteiger charge is 2.22. The largest absolute Gasteiger partial charge is 0.481 e. The molecule has 12 N–H and O–H groups in total. The van der Waals surface area contributed by atoms with Gasteiger partial charge in [0.15, 0.2) is 23.1 Å². The number of halogens is 4. The van der Waals surface area contributed by atoms with Gasteiger partial charge in [-0.3, -0.25) is 38.4 Å². The van der Waals surface area contributed by atoms with Gasteiger partial charge in [0.25, 0.3) is 0 Å². The van der Waals surface area contributed by atoms with Crippen molar-refractivity contribution in [2.24, 2.45) is 23.6 Å². The van der Waals surface area contributed by atoms with Gasteiger partial charge in [-0.1, -0.05) is 74.1 Å². The fourth-order valence-electron chi connectivity index (χ4n) is 4.34. The Balaban J connectivity index is -0.000000467. The topological polar surface area (TPSA) is 322 Å². The van der Waals surface area contributed by atoms with E-state index in [2.05, 4.69) is 0 Å². The number of carbonyl (C=O) groups is 8. The Labute approximate surface area is 456 Å². The van der Waals surface area contributed by atoms with Gasteiger partial charge >= 0.3 is 23.9 Å². The van der Waals surface area contributed by atoms with E-state index in [0.717, 1.165) is 13.8 Å². The summed E-state index contributed by atoms with van der Waals surface area (Å²) in [7, 11) is 0. The second-order valence-corrected chi connectivity index (χ2v) is 14.7. The third-order valence-corrected chi connectivity index (χ3v) is 8.72. The fraction of sp³-hybridized carbons (Fsp3) is 0.273. The first-order valence-corrected chi connectivity index (χ1v) is 19.2. The number of nitrogen functional groups attached to an aromatic ring is 4. The van der Waals surface area contributed by atoms with Crippen LogP contribution in [0.1, 0.15) is 110 Å². The summed E-state index contributed by atoms with van der Waals surface area (Å²) in [4.78, 5) is 91.0. The normalized spacial score (nSPS) is 15.3. The number of rotatable bonds is 16. The number of anilines is 4. The number of aliphatic carboxylic acids is 4. The summed E-state index contributed by atoms with van der Waals surface area (Å²) >= 11 is 22.6. The molecule has 0 aliphatic heterocycles. The molecule has 0 fully saturated rings. The molecule has 24 heteroatoms. The van der Waals surface area contributed by atoms with E-state index < -0.39 is 132 Å². The molecular weight excluding hydrogens is 1050 g/mol. The predicted octanol–water partition coefficient (Wildman–Crippen LogP) is 9.31. The Morgan fingerprint density at radius 1 is 0.485 bits per heavy atom. The highest BCUT2D eigenvalue weighted by molar-refractivity contribution is 7.59. The summed E-state index contributed by atoms with van der Waals surface area (Å²) in [5.41, 5.74) is 20.9. The number of nitrogens with two attached hydrogens (primary N) is 4. The lowest BCUT2D eigenvalue weighted by Gasteiger charge is -2.07. The average Bonchev–Trinajstić information content (AvgIpc) is 3.28. The van der Waals surface area contributed by atoms with Crippen LogP contribution in [0.2, 0.25) is 20.1 Å². The first-order valence-electron chi connectivity index (χ1n) is 23.2. The van der Waals surface area contributed by atoms with Crippen molar-refractivity contribution in [3.05, 3.63) is 115 Å². The van der Waals surface area contributed by atoms with E-state index in [-0.39, 0.29) is 115 Å². The molecule has 0 unspecified atom stereocenters. The van der Waals surface area contributed by atoms with Gasteiger partial charge in [0.05, 0.1) is 31.8 Å². The van der Waals surface area contributed by atoms with Crippen molar-refractivity contribution in [2.45, 2.75) is 53.3 Å². The molecule has 0 aromatic heterocycles. The van der Waals surface area contributed by atoms with Crippen LogP contribution in [0.25, 0.3) is 0 Å². The van der Waals surface area contributed by atoms with Crippen LogP contribution in [0.5, 0.6) is 0 Å².